The molecule has 1 aliphatic heterocycles. The largest absolute Gasteiger partial charge is 0.457 e. The third-order valence-electron chi connectivity index (χ3n) is 9.73. The van der Waals surface area contributed by atoms with Crippen molar-refractivity contribution >= 4 is 22.6 Å². The molecular weight excluding hydrogens is 531 g/mol. The monoisotopic (exact) mass is 580 g/mol. The molecule has 1 aromatic carbocycles. The number of hydrogen-bond donors (Lipinski definition) is 0. The van der Waals surface area contributed by atoms with Gasteiger partial charge in [0.15, 0.2) is 16.6 Å². The minimum absolute atomic E-state index is 0.00852. The van der Waals surface area contributed by atoms with Gasteiger partial charge in [-0.15, -0.1) is 0 Å². The second kappa shape index (κ2) is 10.8. The van der Waals surface area contributed by atoms with Gasteiger partial charge < -0.3 is 13.6 Å². The van der Waals surface area contributed by atoms with Gasteiger partial charge in [-0.25, -0.2) is 4.79 Å². The van der Waals surface area contributed by atoms with E-state index in [1.54, 1.807) is 0 Å². The maximum absolute atomic E-state index is 15.2. The van der Waals surface area contributed by atoms with E-state index in [4.69, 9.17) is 13.6 Å². The summed E-state index contributed by atoms with van der Waals surface area (Å²) in [6.07, 6.45) is 2.52. The maximum atomic E-state index is 15.2. The van der Waals surface area contributed by atoms with Crippen LogP contribution in [0.4, 0.5) is 8.78 Å². The van der Waals surface area contributed by atoms with Crippen LogP contribution in [-0.2, 0) is 18.4 Å². The molecule has 3 rings (SSSR count). The van der Waals surface area contributed by atoms with E-state index in [1.807, 2.05) is 18.2 Å². The standard InChI is InChI=1S/C31H50F2O4Si2/c1-20-14-13-15-22(18-20)21(2)24(36-38(9,10)29(3,4)5)17-16-23-25(37-39(11,12)30(6,7)8)19-26-27(23)31(32,33)28(34)35-26/h13-18,21,23-27H,19H2,1-12H3/b17-16+/t21-,23+,24-,25-,26+,27-/m1/s1. The van der Waals surface area contributed by atoms with Crippen molar-refractivity contribution in [1.82, 2.24) is 0 Å². The smallest absolute Gasteiger partial charge is 0.377 e. The van der Waals surface area contributed by atoms with Gasteiger partial charge in [-0.3, -0.25) is 0 Å². The molecule has 0 aromatic heterocycles. The maximum Gasteiger partial charge on any atom is 0.377 e. The third-order valence-corrected chi connectivity index (χ3v) is 18.7. The van der Waals surface area contributed by atoms with E-state index in [1.165, 1.54) is 0 Å². The number of fused-ring (bicyclic) bond motifs is 1. The minimum atomic E-state index is -3.54. The van der Waals surface area contributed by atoms with Gasteiger partial charge in [0.25, 0.3) is 0 Å². The first-order valence-corrected chi connectivity index (χ1v) is 20.1. The molecule has 0 spiro atoms. The predicted octanol–water partition coefficient (Wildman–Crippen LogP) is 8.63. The summed E-state index contributed by atoms with van der Waals surface area (Å²) in [7, 11) is -4.47. The van der Waals surface area contributed by atoms with E-state index in [2.05, 4.69) is 99.8 Å². The Labute approximate surface area is 237 Å². The van der Waals surface area contributed by atoms with Gasteiger partial charge in [0.05, 0.1) is 18.1 Å². The summed E-state index contributed by atoms with van der Waals surface area (Å²) in [6, 6.07) is 8.37. The number of aryl methyl sites for hydroxylation is 1. The van der Waals surface area contributed by atoms with Crippen LogP contribution >= 0.6 is 0 Å². The quantitative estimate of drug-likeness (QED) is 0.175. The summed E-state index contributed by atoms with van der Waals surface area (Å²) in [5, 5.41) is -0.0948. The Morgan fingerprint density at radius 2 is 1.64 bits per heavy atom. The fraction of sp³-hybridized carbons (Fsp3) is 0.710. The average Bonchev–Trinajstić information content (AvgIpc) is 3.21. The highest BCUT2D eigenvalue weighted by molar-refractivity contribution is 6.74. The number of carbonyl (C=O) groups excluding carboxylic acids is 1. The van der Waals surface area contributed by atoms with Gasteiger partial charge in [-0.2, -0.15) is 8.78 Å². The molecule has 39 heavy (non-hydrogen) atoms. The zero-order valence-corrected chi connectivity index (χ0v) is 28.0. The van der Waals surface area contributed by atoms with Crippen LogP contribution in [0.5, 0.6) is 0 Å². The molecule has 1 saturated heterocycles. The Balaban J connectivity index is 2.03. The Kier molecular flexibility index (Phi) is 8.91. The minimum Gasteiger partial charge on any atom is -0.457 e. The van der Waals surface area contributed by atoms with Crippen LogP contribution in [0.1, 0.15) is 71.9 Å². The fourth-order valence-electron chi connectivity index (χ4n) is 5.09. The van der Waals surface area contributed by atoms with Crippen LogP contribution in [0.2, 0.25) is 36.3 Å². The van der Waals surface area contributed by atoms with Crippen molar-refractivity contribution < 1.29 is 27.2 Å². The number of halogens is 2. The molecule has 1 aliphatic carbocycles. The molecule has 0 bridgehead atoms. The van der Waals surface area contributed by atoms with Gasteiger partial charge in [0.2, 0.25) is 0 Å². The highest BCUT2D eigenvalue weighted by atomic mass is 28.4. The first-order chi connectivity index (χ1) is 17.6. The van der Waals surface area contributed by atoms with Gasteiger partial charge in [-0.1, -0.05) is 90.4 Å². The normalized spacial score (nSPS) is 27.5. The van der Waals surface area contributed by atoms with Crippen molar-refractivity contribution in [2.24, 2.45) is 11.8 Å². The van der Waals surface area contributed by atoms with Gasteiger partial charge in [0.1, 0.15) is 6.10 Å². The lowest BCUT2D eigenvalue weighted by Crippen LogP contribution is -2.46. The molecule has 220 valence electrons. The molecule has 4 nitrogen and oxygen atoms in total. The van der Waals surface area contributed by atoms with Gasteiger partial charge >= 0.3 is 11.9 Å². The molecule has 1 saturated carbocycles. The zero-order valence-electron chi connectivity index (χ0n) is 26.0. The topological polar surface area (TPSA) is 44.8 Å². The number of rotatable bonds is 8. The third kappa shape index (κ3) is 6.60. The highest BCUT2D eigenvalue weighted by Gasteiger charge is 2.67. The Bertz CT molecular complexity index is 1070. The second-order valence-corrected chi connectivity index (χ2v) is 24.3. The number of esters is 1. The van der Waals surface area contributed by atoms with E-state index in [9.17, 15) is 4.79 Å². The van der Waals surface area contributed by atoms with Crippen LogP contribution in [0.3, 0.4) is 0 Å². The summed E-state index contributed by atoms with van der Waals surface area (Å²) in [4.78, 5) is 12.1. The van der Waals surface area contributed by atoms with Crippen molar-refractivity contribution in [3.8, 4) is 0 Å². The number of alkyl halides is 2. The number of carbonyl (C=O) groups is 1. The number of ether oxygens (including phenoxy) is 1. The van der Waals surface area contributed by atoms with Crippen LogP contribution in [-0.4, -0.2) is 46.8 Å². The molecule has 2 aliphatic rings. The van der Waals surface area contributed by atoms with E-state index < -0.39 is 52.6 Å². The van der Waals surface area contributed by atoms with E-state index in [0.717, 1.165) is 11.1 Å². The Morgan fingerprint density at radius 3 is 2.18 bits per heavy atom. The highest BCUT2D eigenvalue weighted by Crippen LogP contribution is 2.53. The summed E-state index contributed by atoms with van der Waals surface area (Å²) in [6.45, 7) is 25.9. The summed E-state index contributed by atoms with van der Waals surface area (Å²) >= 11 is 0. The summed E-state index contributed by atoms with van der Waals surface area (Å²) < 4.78 is 49.3. The van der Waals surface area contributed by atoms with Crippen LogP contribution < -0.4 is 0 Å². The molecular formula is C31H50F2O4Si2. The molecule has 2 fully saturated rings. The van der Waals surface area contributed by atoms with Crippen LogP contribution in [0.25, 0.3) is 0 Å². The van der Waals surface area contributed by atoms with E-state index in [0.29, 0.717) is 0 Å². The van der Waals surface area contributed by atoms with Crippen molar-refractivity contribution in [2.75, 3.05) is 0 Å². The molecule has 0 amide bonds. The zero-order chi connectivity index (χ0) is 29.8. The molecule has 0 radical (unpaired) electrons. The lowest BCUT2D eigenvalue weighted by Gasteiger charge is -2.41. The van der Waals surface area contributed by atoms with Crippen LogP contribution in [0, 0.1) is 18.8 Å². The fourth-order valence-corrected chi connectivity index (χ4v) is 7.77. The van der Waals surface area contributed by atoms with Crippen molar-refractivity contribution in [2.45, 2.75) is 128 Å². The van der Waals surface area contributed by atoms with E-state index >= 15 is 8.78 Å². The van der Waals surface area contributed by atoms with Crippen molar-refractivity contribution in [3.63, 3.8) is 0 Å². The molecule has 6 atom stereocenters. The first kappa shape index (κ1) is 32.2. The summed E-state index contributed by atoms with van der Waals surface area (Å²) in [5.74, 6) is -6.83. The van der Waals surface area contributed by atoms with Gasteiger partial charge in [-0.05, 0) is 48.8 Å². The molecule has 1 aromatic rings. The molecule has 1 heterocycles. The predicted molar refractivity (Wildman–Crippen MR) is 159 cm³/mol. The average molecular weight is 581 g/mol. The Hall–Kier alpha value is -1.36. The molecule has 8 heteroatoms. The van der Waals surface area contributed by atoms with E-state index in [-0.39, 0.29) is 28.5 Å². The molecule has 0 N–H and O–H groups in total. The lowest BCUT2D eigenvalue weighted by atomic mass is 9.87. The Morgan fingerprint density at radius 1 is 1.05 bits per heavy atom. The first-order valence-electron chi connectivity index (χ1n) is 14.3. The van der Waals surface area contributed by atoms with Crippen molar-refractivity contribution in [1.29, 1.82) is 0 Å². The molecule has 0 unspecified atom stereocenters. The van der Waals surface area contributed by atoms with Crippen molar-refractivity contribution in [3.05, 3.63) is 47.5 Å². The summed E-state index contributed by atoms with van der Waals surface area (Å²) in [5.41, 5.74) is 2.31. The lowest BCUT2D eigenvalue weighted by molar-refractivity contribution is -0.163. The number of hydrogen-bond acceptors (Lipinski definition) is 4. The SMILES string of the molecule is Cc1cccc([C@@H](C)[C@@H](/C=C/[C@@H]2[C@@H]3[C@H](C[C@H]2O[Si](C)(C)C(C)(C)C)OC(=O)C3(F)F)O[Si](C)(C)C(C)(C)C)c1. The number of benzene rings is 1. The van der Waals surface area contributed by atoms with Gasteiger partial charge in [0, 0.05) is 18.3 Å². The second-order valence-electron chi connectivity index (χ2n) is 14.8. The van der Waals surface area contributed by atoms with Crippen LogP contribution in [0.15, 0.2) is 36.4 Å².